The van der Waals surface area contributed by atoms with E-state index >= 15 is 4.39 Å². The Morgan fingerprint density at radius 2 is 1.89 bits per heavy atom. The fourth-order valence-corrected chi connectivity index (χ4v) is 6.79. The van der Waals surface area contributed by atoms with Crippen molar-refractivity contribution in [2.75, 3.05) is 20.1 Å². The average molecular weight is 523 g/mol. The van der Waals surface area contributed by atoms with Crippen molar-refractivity contribution >= 4 is 10.0 Å². The maximum absolute atomic E-state index is 15.1. The summed E-state index contributed by atoms with van der Waals surface area (Å²) in [7, 11) is -0.279. The number of aromatic nitrogens is 2. The number of halogens is 4. The molecule has 1 aliphatic carbocycles. The number of benzene rings is 2. The lowest BCUT2D eigenvalue weighted by atomic mass is 9.86. The van der Waals surface area contributed by atoms with E-state index in [4.69, 9.17) is 0 Å². The summed E-state index contributed by atoms with van der Waals surface area (Å²) in [4.78, 5) is 0.0934. The molecule has 0 amide bonds. The molecule has 2 aromatic carbocycles. The van der Waals surface area contributed by atoms with Gasteiger partial charge in [0.05, 0.1) is 11.8 Å². The molecule has 2 unspecified atom stereocenters. The van der Waals surface area contributed by atoms with Gasteiger partial charge in [-0.2, -0.15) is 22.6 Å². The molecule has 5 rings (SSSR count). The molecule has 1 N–H and O–H groups in total. The minimum absolute atomic E-state index is 0.0481. The highest BCUT2D eigenvalue weighted by molar-refractivity contribution is 7.89. The van der Waals surface area contributed by atoms with Crippen molar-refractivity contribution in [3.63, 3.8) is 0 Å². The Balaban J connectivity index is 1.39. The molecular formula is C25H26F4N4O2S. The summed E-state index contributed by atoms with van der Waals surface area (Å²) in [5.74, 6) is -0.820. The first-order valence-electron chi connectivity index (χ1n) is 11.6. The first-order chi connectivity index (χ1) is 17.0. The van der Waals surface area contributed by atoms with Crippen LogP contribution in [0.4, 0.5) is 17.6 Å². The van der Waals surface area contributed by atoms with Gasteiger partial charge < -0.3 is 5.32 Å². The monoisotopic (exact) mass is 522 g/mol. The molecule has 1 aliphatic heterocycles. The third-order valence-electron chi connectivity index (χ3n) is 7.27. The zero-order valence-electron chi connectivity index (χ0n) is 19.8. The number of fused-ring (bicyclic) bond motifs is 1. The van der Waals surface area contributed by atoms with Gasteiger partial charge >= 0.3 is 6.18 Å². The van der Waals surface area contributed by atoms with Gasteiger partial charge in [0.1, 0.15) is 10.7 Å². The number of hydrogen-bond donors (Lipinski definition) is 1. The lowest BCUT2D eigenvalue weighted by molar-refractivity contribution is -0.137. The molecule has 2 aliphatic rings. The average Bonchev–Trinajstić information content (AvgIpc) is 3.36. The van der Waals surface area contributed by atoms with Crippen molar-refractivity contribution in [3.05, 3.63) is 82.4 Å². The van der Waals surface area contributed by atoms with Crippen LogP contribution >= 0.6 is 0 Å². The lowest BCUT2D eigenvalue weighted by Crippen LogP contribution is -2.48. The number of nitrogens with one attached hydrogen (secondary N) is 1. The minimum atomic E-state index is -4.42. The summed E-state index contributed by atoms with van der Waals surface area (Å²) >= 11 is 0. The van der Waals surface area contributed by atoms with Crippen molar-refractivity contribution in [2.45, 2.75) is 41.8 Å². The van der Waals surface area contributed by atoms with Gasteiger partial charge in [-0.25, -0.2) is 12.8 Å². The van der Waals surface area contributed by atoms with Crippen LogP contribution in [0.5, 0.6) is 0 Å². The molecule has 11 heteroatoms. The predicted octanol–water partition coefficient (Wildman–Crippen LogP) is 3.84. The second-order valence-electron chi connectivity index (χ2n) is 9.55. The highest BCUT2D eigenvalue weighted by Gasteiger charge is 2.41. The van der Waals surface area contributed by atoms with Gasteiger partial charge in [0.2, 0.25) is 10.0 Å². The summed E-state index contributed by atoms with van der Waals surface area (Å²) in [6, 6.07) is 8.55. The molecule has 2 heterocycles. The van der Waals surface area contributed by atoms with Crippen LogP contribution in [0.1, 0.15) is 39.7 Å². The van der Waals surface area contributed by atoms with Gasteiger partial charge in [0, 0.05) is 44.2 Å². The van der Waals surface area contributed by atoms with Gasteiger partial charge in [0.25, 0.3) is 0 Å². The van der Waals surface area contributed by atoms with Crippen LogP contribution in [0.3, 0.4) is 0 Å². The standard InChI is InChI=1S/C25H26F4N4O2S/c1-30-24-9-16-8-23(26)21(17-12-33(13-17)36(34,35)19-11-31-32(2)14-19)10-20(16)22(24)7-15-4-3-5-18(6-15)25(27,28)29/h3-6,8,10-11,14,17,22,24,30H,7,9,12-13H2,1-2H3. The van der Waals surface area contributed by atoms with Crippen LogP contribution in [-0.4, -0.2) is 48.7 Å². The third-order valence-corrected chi connectivity index (χ3v) is 9.06. The van der Waals surface area contributed by atoms with Gasteiger partial charge in [0.15, 0.2) is 0 Å². The molecule has 6 nitrogen and oxygen atoms in total. The Morgan fingerprint density at radius 3 is 2.53 bits per heavy atom. The van der Waals surface area contributed by atoms with Gasteiger partial charge in [-0.05, 0) is 54.3 Å². The highest BCUT2D eigenvalue weighted by atomic mass is 32.2. The molecule has 192 valence electrons. The summed E-state index contributed by atoms with van der Waals surface area (Å²) < 4.78 is 83.1. The Hall–Kier alpha value is -2.76. The largest absolute Gasteiger partial charge is 0.416 e. The van der Waals surface area contributed by atoms with E-state index in [9.17, 15) is 21.6 Å². The SMILES string of the molecule is CNC1Cc2cc(F)c(C3CN(S(=O)(=O)c4cnn(C)c4)C3)cc2C1Cc1cccc(C(F)(F)F)c1. The second kappa shape index (κ2) is 8.97. The quantitative estimate of drug-likeness (QED) is 0.500. The van der Waals surface area contributed by atoms with Gasteiger partial charge in [-0.15, -0.1) is 0 Å². The fraction of sp³-hybridized carbons (Fsp3) is 0.400. The summed E-state index contributed by atoms with van der Waals surface area (Å²) in [6.07, 6.45) is -0.767. The van der Waals surface area contributed by atoms with Crippen molar-refractivity contribution < 1.29 is 26.0 Å². The Morgan fingerprint density at radius 1 is 1.14 bits per heavy atom. The molecule has 3 aromatic rings. The van der Waals surface area contributed by atoms with Crippen LogP contribution < -0.4 is 5.32 Å². The van der Waals surface area contributed by atoms with Gasteiger partial charge in [-0.3, -0.25) is 4.68 Å². The molecule has 0 bridgehead atoms. The normalized spacial score (nSPS) is 20.9. The first-order valence-corrected chi connectivity index (χ1v) is 13.1. The first kappa shape index (κ1) is 24.9. The number of hydrogen-bond acceptors (Lipinski definition) is 4. The zero-order chi connectivity index (χ0) is 25.8. The van der Waals surface area contributed by atoms with E-state index in [0.717, 1.165) is 17.2 Å². The highest BCUT2D eigenvalue weighted by Crippen LogP contribution is 2.41. The third kappa shape index (κ3) is 4.44. The Kier molecular flexibility index (Phi) is 6.20. The number of rotatable bonds is 6. The maximum Gasteiger partial charge on any atom is 0.416 e. The molecule has 1 fully saturated rings. The molecule has 1 saturated heterocycles. The van der Waals surface area contributed by atoms with Crippen molar-refractivity contribution in [2.24, 2.45) is 7.05 Å². The maximum atomic E-state index is 15.1. The summed E-state index contributed by atoms with van der Waals surface area (Å²) in [6.45, 7) is 0.307. The Labute approximate surface area is 207 Å². The van der Waals surface area contributed by atoms with E-state index in [-0.39, 0.29) is 41.7 Å². The summed E-state index contributed by atoms with van der Waals surface area (Å²) in [5.41, 5.74) is 2.04. The fourth-order valence-electron chi connectivity index (χ4n) is 5.28. The molecule has 0 radical (unpaired) electrons. The number of sulfonamides is 1. The van der Waals surface area contributed by atoms with Crippen molar-refractivity contribution in [1.82, 2.24) is 19.4 Å². The molecule has 0 spiro atoms. The van der Waals surface area contributed by atoms with Crippen LogP contribution in [0, 0.1) is 5.82 Å². The molecular weight excluding hydrogens is 496 g/mol. The van der Waals surface area contributed by atoms with E-state index in [1.54, 1.807) is 26.2 Å². The second-order valence-corrected chi connectivity index (χ2v) is 11.5. The zero-order valence-corrected chi connectivity index (χ0v) is 20.6. The van der Waals surface area contributed by atoms with Crippen LogP contribution in [0.15, 0.2) is 53.7 Å². The van der Waals surface area contributed by atoms with Crippen molar-refractivity contribution in [1.29, 1.82) is 0 Å². The topological polar surface area (TPSA) is 67.2 Å². The number of alkyl halides is 3. The molecule has 36 heavy (non-hydrogen) atoms. The number of likely N-dealkylation sites (N-methyl/N-ethyl adjacent to an activating group) is 1. The predicted molar refractivity (Wildman–Crippen MR) is 126 cm³/mol. The van der Waals surface area contributed by atoms with E-state index < -0.39 is 21.8 Å². The molecule has 0 saturated carbocycles. The summed E-state index contributed by atoms with van der Waals surface area (Å²) in [5, 5.41) is 7.14. The smallest absolute Gasteiger partial charge is 0.316 e. The minimum Gasteiger partial charge on any atom is -0.316 e. The van der Waals surface area contributed by atoms with E-state index in [1.807, 2.05) is 0 Å². The lowest BCUT2D eigenvalue weighted by Gasteiger charge is -2.38. The Bertz CT molecular complexity index is 1400. The molecule has 1 aromatic heterocycles. The van der Waals surface area contributed by atoms with E-state index in [1.165, 1.54) is 39.6 Å². The van der Waals surface area contributed by atoms with E-state index in [0.29, 0.717) is 24.0 Å². The molecule has 2 atom stereocenters. The van der Waals surface area contributed by atoms with Gasteiger partial charge in [-0.1, -0.05) is 24.3 Å². The number of aryl methyl sites for hydroxylation is 1. The van der Waals surface area contributed by atoms with Crippen LogP contribution in [0.25, 0.3) is 0 Å². The van der Waals surface area contributed by atoms with E-state index in [2.05, 4.69) is 10.4 Å². The number of nitrogens with zero attached hydrogens (tertiary/aromatic N) is 3. The van der Waals surface area contributed by atoms with Crippen LogP contribution in [0.2, 0.25) is 0 Å². The van der Waals surface area contributed by atoms with Crippen molar-refractivity contribution in [3.8, 4) is 0 Å². The van der Waals surface area contributed by atoms with Crippen LogP contribution in [-0.2, 0) is 36.1 Å².